The highest BCUT2D eigenvalue weighted by molar-refractivity contribution is 7.93. The van der Waals surface area contributed by atoms with E-state index in [4.69, 9.17) is 14.6 Å². The number of carbonyl (C=O) groups is 1. The molecule has 0 bridgehead atoms. The summed E-state index contributed by atoms with van der Waals surface area (Å²) < 4.78 is 32.3. The molecule has 0 aliphatic rings. The van der Waals surface area contributed by atoms with Crippen LogP contribution in [0.4, 0.5) is 0 Å². The van der Waals surface area contributed by atoms with E-state index < -0.39 is 20.6 Å². The van der Waals surface area contributed by atoms with Crippen LogP contribution in [0.25, 0.3) is 0 Å². The van der Waals surface area contributed by atoms with Crippen LogP contribution in [0.15, 0.2) is 24.3 Å². The van der Waals surface area contributed by atoms with Gasteiger partial charge in [0.05, 0.1) is 12.9 Å². The third kappa shape index (κ3) is 3.63. The van der Waals surface area contributed by atoms with E-state index in [1.54, 1.807) is 24.3 Å². The number of benzene rings is 1. The number of rotatable bonds is 7. The first kappa shape index (κ1) is 16.3. The molecule has 1 aromatic carbocycles. The Bertz CT molecular complexity index is 559. The Hall–Kier alpha value is -1.76. The molecule has 0 heterocycles. The van der Waals surface area contributed by atoms with Crippen molar-refractivity contribution < 1.29 is 27.8 Å². The molecule has 6 nitrogen and oxygen atoms in total. The van der Waals surface area contributed by atoms with Crippen molar-refractivity contribution in [2.75, 3.05) is 19.5 Å². The summed E-state index contributed by atoms with van der Waals surface area (Å²) in [5, 5.41) is 8.92. The van der Waals surface area contributed by atoms with Crippen molar-refractivity contribution in [3.63, 3.8) is 0 Å². The molecule has 7 heteroatoms. The molecule has 1 aromatic rings. The van der Waals surface area contributed by atoms with E-state index in [0.717, 1.165) is 13.8 Å². The van der Waals surface area contributed by atoms with Crippen LogP contribution in [0.2, 0.25) is 0 Å². The first-order valence-electron chi connectivity index (χ1n) is 5.93. The van der Waals surface area contributed by atoms with Crippen LogP contribution >= 0.6 is 0 Å². The van der Waals surface area contributed by atoms with Crippen LogP contribution in [0.1, 0.15) is 13.8 Å². The summed E-state index contributed by atoms with van der Waals surface area (Å²) in [4.78, 5) is 10.9. The Morgan fingerprint density at radius 2 is 1.70 bits per heavy atom. The van der Waals surface area contributed by atoms with Gasteiger partial charge in [-0.25, -0.2) is 8.42 Å². The third-order valence-electron chi connectivity index (χ3n) is 2.97. The van der Waals surface area contributed by atoms with Crippen molar-refractivity contribution in [3.8, 4) is 11.5 Å². The zero-order chi connectivity index (χ0) is 15.4. The topological polar surface area (TPSA) is 89.9 Å². The fourth-order valence-corrected chi connectivity index (χ4v) is 2.41. The van der Waals surface area contributed by atoms with Gasteiger partial charge in [0, 0.05) is 0 Å². The van der Waals surface area contributed by atoms with Gasteiger partial charge in [0.2, 0.25) is 0 Å². The van der Waals surface area contributed by atoms with Crippen molar-refractivity contribution >= 4 is 15.8 Å². The van der Waals surface area contributed by atoms with Gasteiger partial charge >= 0.3 is 5.97 Å². The molecule has 0 aliphatic carbocycles. The molecule has 0 saturated carbocycles. The number of aliphatic carboxylic acids is 1. The molecule has 20 heavy (non-hydrogen) atoms. The zero-order valence-electron chi connectivity index (χ0n) is 11.6. The smallest absolute Gasteiger partial charge is 0.324 e. The monoisotopic (exact) mass is 302 g/mol. The summed E-state index contributed by atoms with van der Waals surface area (Å²) in [6.45, 7) is 2.22. The Kier molecular flexibility index (Phi) is 4.99. The second kappa shape index (κ2) is 6.13. The Labute approximate surface area is 118 Å². The summed E-state index contributed by atoms with van der Waals surface area (Å²) in [6.07, 6.45) is 0. The first-order valence-corrected chi connectivity index (χ1v) is 7.58. The Morgan fingerprint density at radius 3 is 2.15 bits per heavy atom. The summed E-state index contributed by atoms with van der Waals surface area (Å²) in [5.41, 5.74) is 0. The molecule has 1 N–H and O–H groups in total. The summed E-state index contributed by atoms with van der Waals surface area (Å²) in [6, 6.07) is 6.66. The maximum absolute atomic E-state index is 11.9. The predicted octanol–water partition coefficient (Wildman–Crippen LogP) is 1.35. The normalized spacial score (nSPS) is 11.9. The first-order chi connectivity index (χ1) is 9.20. The van der Waals surface area contributed by atoms with Crippen LogP contribution in [-0.4, -0.2) is 43.7 Å². The van der Waals surface area contributed by atoms with E-state index >= 15 is 0 Å². The van der Waals surface area contributed by atoms with Crippen molar-refractivity contribution in [1.29, 1.82) is 0 Å². The zero-order valence-corrected chi connectivity index (χ0v) is 12.4. The second-order valence-corrected chi connectivity index (χ2v) is 7.32. The van der Waals surface area contributed by atoms with Gasteiger partial charge < -0.3 is 14.6 Å². The van der Waals surface area contributed by atoms with Crippen LogP contribution in [0, 0.1) is 0 Å². The number of hydrogen-bond donors (Lipinski definition) is 1. The lowest BCUT2D eigenvalue weighted by atomic mass is 10.2. The van der Waals surface area contributed by atoms with E-state index in [9.17, 15) is 13.2 Å². The van der Waals surface area contributed by atoms with Crippen LogP contribution in [0.3, 0.4) is 0 Å². The van der Waals surface area contributed by atoms with Gasteiger partial charge in [-0.3, -0.25) is 4.79 Å². The van der Waals surface area contributed by atoms with Crippen molar-refractivity contribution in [2.24, 2.45) is 0 Å². The largest absolute Gasteiger partial charge is 0.497 e. The summed E-state index contributed by atoms with van der Waals surface area (Å²) >= 11 is 0. The van der Waals surface area contributed by atoms with Crippen LogP contribution in [0.5, 0.6) is 11.5 Å². The fraction of sp³-hybridized carbons (Fsp3) is 0.462. The minimum atomic E-state index is -3.79. The Balaban J connectivity index is 2.61. The highest BCUT2D eigenvalue weighted by Crippen LogP contribution is 2.19. The predicted molar refractivity (Wildman–Crippen MR) is 74.0 cm³/mol. The van der Waals surface area contributed by atoms with Gasteiger partial charge in [0.15, 0.2) is 14.6 Å². The fourth-order valence-electron chi connectivity index (χ4n) is 1.33. The maximum Gasteiger partial charge on any atom is 0.324 e. The van der Waals surface area contributed by atoms with Gasteiger partial charge in [0.25, 0.3) is 0 Å². The molecule has 0 saturated heterocycles. The average molecular weight is 302 g/mol. The van der Waals surface area contributed by atoms with Gasteiger partial charge in [-0.2, -0.15) is 0 Å². The average Bonchev–Trinajstić information content (AvgIpc) is 2.39. The highest BCUT2D eigenvalue weighted by Gasteiger charge is 2.41. The van der Waals surface area contributed by atoms with E-state index in [-0.39, 0.29) is 12.4 Å². The molecule has 0 atom stereocenters. The SMILES string of the molecule is COc1ccc(OCCS(=O)(=O)C(C)(C)C(=O)O)cc1. The minimum absolute atomic E-state index is 0.106. The van der Waals surface area contributed by atoms with E-state index in [1.165, 1.54) is 7.11 Å². The molecule has 0 amide bonds. The molecule has 0 spiro atoms. The summed E-state index contributed by atoms with van der Waals surface area (Å²) in [7, 11) is -2.25. The lowest BCUT2D eigenvalue weighted by Gasteiger charge is -2.19. The quantitative estimate of drug-likeness (QED) is 0.817. The van der Waals surface area contributed by atoms with Crippen LogP contribution < -0.4 is 9.47 Å². The number of methoxy groups -OCH3 is 1. The lowest BCUT2D eigenvalue weighted by molar-refractivity contribution is -0.139. The number of hydrogen-bond acceptors (Lipinski definition) is 5. The molecular formula is C13H18O6S. The van der Waals surface area contributed by atoms with Gasteiger partial charge in [0.1, 0.15) is 18.1 Å². The van der Waals surface area contributed by atoms with E-state index in [2.05, 4.69) is 0 Å². The summed E-state index contributed by atoms with van der Waals surface area (Å²) in [5.74, 6) is -0.578. The van der Waals surface area contributed by atoms with E-state index in [0.29, 0.717) is 11.5 Å². The highest BCUT2D eigenvalue weighted by atomic mass is 32.2. The molecule has 0 unspecified atom stereocenters. The molecule has 112 valence electrons. The minimum Gasteiger partial charge on any atom is -0.497 e. The van der Waals surface area contributed by atoms with Crippen LogP contribution in [-0.2, 0) is 14.6 Å². The third-order valence-corrected chi connectivity index (χ3v) is 5.41. The number of carboxylic acids is 1. The van der Waals surface area contributed by atoms with Crippen molar-refractivity contribution in [3.05, 3.63) is 24.3 Å². The van der Waals surface area contributed by atoms with Gasteiger partial charge in [-0.1, -0.05) is 0 Å². The van der Waals surface area contributed by atoms with Crippen molar-refractivity contribution in [2.45, 2.75) is 18.6 Å². The number of ether oxygens (including phenoxy) is 2. The standard InChI is InChI=1S/C13H18O6S/c1-13(2,12(14)15)20(16,17)9-8-19-11-6-4-10(18-3)5-7-11/h4-7H,8-9H2,1-3H3,(H,14,15). The second-order valence-electron chi connectivity index (χ2n) is 4.66. The molecular weight excluding hydrogens is 284 g/mol. The molecule has 0 aromatic heterocycles. The molecule has 0 fully saturated rings. The van der Waals surface area contributed by atoms with Gasteiger partial charge in [-0.05, 0) is 38.1 Å². The molecule has 1 rings (SSSR count). The number of sulfone groups is 1. The maximum atomic E-state index is 11.9. The van der Waals surface area contributed by atoms with E-state index in [1.807, 2.05) is 0 Å². The number of carboxylic acid groups (broad SMARTS) is 1. The van der Waals surface area contributed by atoms with Gasteiger partial charge in [-0.15, -0.1) is 0 Å². The Morgan fingerprint density at radius 1 is 1.20 bits per heavy atom. The molecule has 0 radical (unpaired) electrons. The van der Waals surface area contributed by atoms with Crippen molar-refractivity contribution in [1.82, 2.24) is 0 Å². The lowest BCUT2D eigenvalue weighted by Crippen LogP contribution is -2.42. The molecule has 0 aliphatic heterocycles.